The molecule has 0 radical (unpaired) electrons. The van der Waals surface area contributed by atoms with Crippen molar-refractivity contribution < 1.29 is 19.1 Å². The van der Waals surface area contributed by atoms with E-state index < -0.39 is 12.2 Å². The van der Waals surface area contributed by atoms with E-state index in [4.69, 9.17) is 32.7 Å². The summed E-state index contributed by atoms with van der Waals surface area (Å²) in [6.07, 6.45) is 0.300. The van der Waals surface area contributed by atoms with Gasteiger partial charge in [0.1, 0.15) is 12.4 Å². The van der Waals surface area contributed by atoms with Crippen LogP contribution in [0.5, 0.6) is 5.75 Å². The number of benzene rings is 1. The van der Waals surface area contributed by atoms with Gasteiger partial charge in [-0.15, -0.1) is 11.6 Å². The zero-order chi connectivity index (χ0) is 18.2. The number of amides is 2. The summed E-state index contributed by atoms with van der Waals surface area (Å²) in [6, 6.07) is 6.89. The lowest BCUT2D eigenvalue weighted by Crippen LogP contribution is -2.49. The zero-order valence-corrected chi connectivity index (χ0v) is 15.6. The first-order valence-electron chi connectivity index (χ1n) is 8.20. The summed E-state index contributed by atoms with van der Waals surface area (Å²) in [5.74, 6) is 0.799. The third kappa shape index (κ3) is 6.29. The molecule has 1 atom stereocenters. The molecule has 6 nitrogen and oxygen atoms in total. The van der Waals surface area contributed by atoms with Gasteiger partial charge in [0.2, 0.25) is 0 Å². The van der Waals surface area contributed by atoms with E-state index in [9.17, 15) is 9.59 Å². The Morgan fingerprint density at radius 1 is 1.28 bits per heavy atom. The summed E-state index contributed by atoms with van der Waals surface area (Å²) in [6.45, 7) is 3.04. The van der Waals surface area contributed by atoms with Gasteiger partial charge in [0, 0.05) is 24.2 Å². The van der Waals surface area contributed by atoms with Gasteiger partial charge in [0.15, 0.2) is 6.10 Å². The highest BCUT2D eigenvalue weighted by molar-refractivity contribution is 6.30. The fourth-order valence-corrected chi connectivity index (χ4v) is 2.81. The Bertz CT molecular complexity index is 575. The fourth-order valence-electron chi connectivity index (χ4n) is 2.61. The molecule has 0 bridgehead atoms. The minimum atomic E-state index is -0.584. The molecular weight excluding hydrogens is 367 g/mol. The van der Waals surface area contributed by atoms with Gasteiger partial charge in [0.05, 0.1) is 5.88 Å². The predicted molar refractivity (Wildman–Crippen MR) is 96.3 cm³/mol. The number of rotatable bonds is 6. The third-order valence-corrected chi connectivity index (χ3v) is 4.32. The Kier molecular flexibility index (Phi) is 7.65. The lowest BCUT2D eigenvalue weighted by Gasteiger charge is -2.33. The first kappa shape index (κ1) is 19.7. The van der Waals surface area contributed by atoms with Gasteiger partial charge in [0.25, 0.3) is 5.91 Å². The summed E-state index contributed by atoms with van der Waals surface area (Å²) in [4.78, 5) is 25.8. The maximum absolute atomic E-state index is 12.5. The van der Waals surface area contributed by atoms with Crippen molar-refractivity contribution >= 4 is 35.2 Å². The van der Waals surface area contributed by atoms with Crippen molar-refractivity contribution in [3.63, 3.8) is 0 Å². The Morgan fingerprint density at radius 2 is 1.92 bits per heavy atom. The van der Waals surface area contributed by atoms with Gasteiger partial charge in [-0.3, -0.25) is 4.79 Å². The van der Waals surface area contributed by atoms with E-state index in [2.05, 4.69) is 5.32 Å². The number of nitrogens with zero attached hydrogens (tertiary/aromatic N) is 1. The Morgan fingerprint density at radius 3 is 2.52 bits per heavy atom. The monoisotopic (exact) mass is 388 g/mol. The van der Waals surface area contributed by atoms with Crippen molar-refractivity contribution in [2.45, 2.75) is 31.9 Å². The van der Waals surface area contributed by atoms with Crippen molar-refractivity contribution in [1.29, 1.82) is 0 Å². The molecule has 0 aromatic heterocycles. The second kappa shape index (κ2) is 9.73. The number of nitrogens with one attached hydrogen (secondary N) is 1. The number of alkyl halides is 1. The molecule has 1 aliphatic heterocycles. The molecule has 138 valence electrons. The molecule has 2 amide bonds. The third-order valence-electron chi connectivity index (χ3n) is 3.91. The molecule has 0 spiro atoms. The summed E-state index contributed by atoms with van der Waals surface area (Å²) >= 11 is 11.3. The second-order valence-corrected chi connectivity index (χ2v) is 6.60. The number of carbonyl (C=O) groups is 2. The van der Waals surface area contributed by atoms with E-state index in [1.54, 1.807) is 36.1 Å². The molecule has 1 unspecified atom stereocenters. The van der Waals surface area contributed by atoms with Crippen LogP contribution in [0.4, 0.5) is 4.79 Å². The predicted octanol–water partition coefficient (Wildman–Crippen LogP) is 3.06. The molecular formula is C17H22Cl2N2O4. The topological polar surface area (TPSA) is 67.9 Å². The standard InChI is InChI=1S/C17H22Cl2N2O4/c1-12(25-15-4-2-13(19)3-5-15)16(22)21-9-6-14(7-10-21)20-17(23)24-11-8-18/h2-5,12,14H,6-11H2,1H3,(H,20,23). The molecule has 0 aliphatic carbocycles. The van der Waals surface area contributed by atoms with Gasteiger partial charge < -0.3 is 19.7 Å². The molecule has 0 saturated carbocycles. The number of halogens is 2. The number of carbonyl (C=O) groups excluding carboxylic acids is 2. The Labute approximate surface area is 157 Å². The number of likely N-dealkylation sites (tertiary alicyclic amines) is 1. The first-order chi connectivity index (χ1) is 12.0. The van der Waals surface area contributed by atoms with Gasteiger partial charge in [-0.1, -0.05) is 11.6 Å². The smallest absolute Gasteiger partial charge is 0.407 e. The quantitative estimate of drug-likeness (QED) is 0.760. The summed E-state index contributed by atoms with van der Waals surface area (Å²) in [5, 5.41) is 3.40. The molecule has 2 rings (SSSR count). The van der Waals surface area contributed by atoms with Gasteiger partial charge >= 0.3 is 6.09 Å². The van der Waals surface area contributed by atoms with Crippen LogP contribution in [-0.2, 0) is 9.53 Å². The van der Waals surface area contributed by atoms with E-state index in [-0.39, 0.29) is 24.4 Å². The van der Waals surface area contributed by atoms with E-state index in [0.29, 0.717) is 36.7 Å². The number of alkyl carbamates (subject to hydrolysis) is 1. The van der Waals surface area contributed by atoms with Crippen molar-refractivity contribution in [1.82, 2.24) is 10.2 Å². The van der Waals surface area contributed by atoms with E-state index in [0.717, 1.165) is 0 Å². The molecule has 1 fully saturated rings. The van der Waals surface area contributed by atoms with Gasteiger partial charge in [-0.05, 0) is 44.0 Å². The van der Waals surface area contributed by atoms with Crippen molar-refractivity contribution in [3.8, 4) is 5.75 Å². The largest absolute Gasteiger partial charge is 0.481 e. The van der Waals surface area contributed by atoms with Crippen LogP contribution in [0.1, 0.15) is 19.8 Å². The van der Waals surface area contributed by atoms with E-state index >= 15 is 0 Å². The second-order valence-electron chi connectivity index (χ2n) is 5.78. The molecule has 1 aromatic rings. The number of piperidine rings is 1. The fraction of sp³-hybridized carbons (Fsp3) is 0.529. The van der Waals surface area contributed by atoms with Gasteiger partial charge in [-0.25, -0.2) is 4.79 Å². The minimum absolute atomic E-state index is 0.000588. The molecule has 1 saturated heterocycles. The lowest BCUT2D eigenvalue weighted by molar-refractivity contribution is -0.139. The average Bonchev–Trinajstić information content (AvgIpc) is 2.62. The first-order valence-corrected chi connectivity index (χ1v) is 9.11. The van der Waals surface area contributed by atoms with Crippen molar-refractivity contribution in [2.24, 2.45) is 0 Å². The van der Waals surface area contributed by atoms with Gasteiger partial charge in [-0.2, -0.15) is 0 Å². The van der Waals surface area contributed by atoms with Crippen LogP contribution >= 0.6 is 23.2 Å². The summed E-state index contributed by atoms with van der Waals surface area (Å²) < 4.78 is 10.6. The van der Waals surface area contributed by atoms with Crippen LogP contribution < -0.4 is 10.1 Å². The highest BCUT2D eigenvalue weighted by Crippen LogP contribution is 2.18. The van der Waals surface area contributed by atoms with Crippen LogP contribution in [0, 0.1) is 0 Å². The number of ether oxygens (including phenoxy) is 2. The SMILES string of the molecule is CC(Oc1ccc(Cl)cc1)C(=O)N1CCC(NC(=O)OCCCl)CC1. The van der Waals surface area contributed by atoms with E-state index in [1.807, 2.05) is 0 Å². The van der Waals surface area contributed by atoms with Crippen molar-refractivity contribution in [3.05, 3.63) is 29.3 Å². The molecule has 25 heavy (non-hydrogen) atoms. The lowest BCUT2D eigenvalue weighted by atomic mass is 10.0. The molecule has 1 aliphatic rings. The molecule has 1 heterocycles. The highest BCUT2D eigenvalue weighted by atomic mass is 35.5. The maximum atomic E-state index is 12.5. The molecule has 8 heteroatoms. The van der Waals surface area contributed by atoms with Crippen molar-refractivity contribution in [2.75, 3.05) is 25.6 Å². The number of hydrogen-bond donors (Lipinski definition) is 1. The normalized spacial score (nSPS) is 16.2. The van der Waals surface area contributed by atoms with E-state index in [1.165, 1.54) is 0 Å². The molecule has 1 N–H and O–H groups in total. The van der Waals surface area contributed by atoms with Crippen LogP contribution in [0.2, 0.25) is 5.02 Å². The zero-order valence-electron chi connectivity index (χ0n) is 14.0. The Hall–Kier alpha value is -1.66. The summed E-state index contributed by atoms with van der Waals surface area (Å²) in [5.41, 5.74) is 0. The molecule has 1 aromatic carbocycles. The average molecular weight is 389 g/mol. The Balaban J connectivity index is 1.76. The number of hydrogen-bond acceptors (Lipinski definition) is 4. The maximum Gasteiger partial charge on any atom is 0.407 e. The highest BCUT2D eigenvalue weighted by Gasteiger charge is 2.27. The van der Waals surface area contributed by atoms with Crippen LogP contribution in [0.3, 0.4) is 0 Å². The summed E-state index contributed by atoms with van der Waals surface area (Å²) in [7, 11) is 0. The van der Waals surface area contributed by atoms with Crippen LogP contribution in [-0.4, -0.2) is 54.6 Å². The van der Waals surface area contributed by atoms with Crippen LogP contribution in [0.15, 0.2) is 24.3 Å². The minimum Gasteiger partial charge on any atom is -0.481 e. The van der Waals surface area contributed by atoms with Crippen LogP contribution in [0.25, 0.3) is 0 Å².